The van der Waals surface area contributed by atoms with Crippen LogP contribution >= 0.6 is 0 Å². The number of benzene rings is 2. The summed E-state index contributed by atoms with van der Waals surface area (Å²) < 4.78 is 10.6. The second-order valence-corrected chi connectivity index (χ2v) is 6.05. The van der Waals surface area contributed by atoms with Crippen LogP contribution in [0.4, 0.5) is 0 Å². The number of rotatable bonds is 7. The fourth-order valence-electron chi connectivity index (χ4n) is 2.80. The van der Waals surface area contributed by atoms with Gasteiger partial charge in [-0.25, -0.2) is 0 Å². The van der Waals surface area contributed by atoms with Crippen molar-refractivity contribution in [3.05, 3.63) is 71.4 Å². The second-order valence-electron chi connectivity index (χ2n) is 6.05. The number of aromatic nitrogens is 1. The first kappa shape index (κ1) is 17.7. The summed E-state index contributed by atoms with van der Waals surface area (Å²) in [4.78, 5) is 12.6. The minimum absolute atomic E-state index is 0.164. The third kappa shape index (κ3) is 4.11. The Hall–Kier alpha value is -3.08. The molecule has 0 aliphatic heterocycles. The molecule has 0 aliphatic rings. The number of amides is 1. The monoisotopic (exact) mass is 350 g/mol. The maximum absolute atomic E-state index is 12.6. The zero-order valence-corrected chi connectivity index (χ0v) is 15.0. The van der Waals surface area contributed by atoms with E-state index in [4.69, 9.17) is 9.26 Å². The largest absolute Gasteiger partial charge is 0.497 e. The molecule has 2 aromatic carbocycles. The average Bonchev–Trinajstić information content (AvgIpc) is 3.07. The number of nitrogens with zero attached hydrogens (tertiary/aromatic N) is 1. The summed E-state index contributed by atoms with van der Waals surface area (Å²) in [7, 11) is 1.61. The molecule has 0 radical (unpaired) electrons. The predicted octanol–water partition coefficient (Wildman–Crippen LogP) is 4.02. The molecule has 1 heterocycles. The average molecular weight is 350 g/mol. The van der Waals surface area contributed by atoms with Crippen LogP contribution < -0.4 is 10.1 Å². The molecule has 0 saturated heterocycles. The van der Waals surface area contributed by atoms with E-state index in [-0.39, 0.29) is 5.91 Å². The van der Waals surface area contributed by atoms with E-state index in [1.807, 2.05) is 42.5 Å². The van der Waals surface area contributed by atoms with Crippen LogP contribution in [0.3, 0.4) is 0 Å². The Morgan fingerprint density at radius 3 is 2.54 bits per heavy atom. The van der Waals surface area contributed by atoms with Crippen molar-refractivity contribution in [1.29, 1.82) is 0 Å². The maximum Gasteiger partial charge on any atom is 0.257 e. The Morgan fingerprint density at radius 2 is 1.85 bits per heavy atom. The highest BCUT2D eigenvalue weighted by Crippen LogP contribution is 2.27. The van der Waals surface area contributed by atoms with Crippen LogP contribution in [-0.2, 0) is 6.42 Å². The zero-order valence-electron chi connectivity index (χ0n) is 15.0. The number of hydrogen-bond acceptors (Lipinski definition) is 4. The zero-order chi connectivity index (χ0) is 18.4. The minimum atomic E-state index is -0.164. The van der Waals surface area contributed by atoms with Crippen LogP contribution in [0.1, 0.15) is 28.0 Å². The smallest absolute Gasteiger partial charge is 0.257 e. The van der Waals surface area contributed by atoms with Crippen molar-refractivity contribution in [2.45, 2.75) is 19.8 Å². The predicted molar refractivity (Wildman–Crippen MR) is 100 cm³/mol. The molecule has 3 rings (SSSR count). The van der Waals surface area contributed by atoms with Crippen LogP contribution in [0.5, 0.6) is 5.75 Å². The normalized spacial score (nSPS) is 10.5. The quantitative estimate of drug-likeness (QED) is 0.654. The number of carbonyl (C=O) groups is 1. The number of hydrogen-bond donors (Lipinski definition) is 1. The molecule has 1 N–H and O–H groups in total. The molecule has 1 aromatic heterocycles. The first-order valence-corrected chi connectivity index (χ1v) is 8.62. The fourth-order valence-corrected chi connectivity index (χ4v) is 2.80. The summed E-state index contributed by atoms with van der Waals surface area (Å²) in [5.41, 5.74) is 3.12. The highest BCUT2D eigenvalue weighted by atomic mass is 16.5. The number of methoxy groups -OCH3 is 1. The maximum atomic E-state index is 12.6. The van der Waals surface area contributed by atoms with Crippen molar-refractivity contribution in [2.75, 3.05) is 13.7 Å². The number of carbonyl (C=O) groups excluding carboxylic acids is 1. The first-order chi connectivity index (χ1) is 12.7. The van der Waals surface area contributed by atoms with Crippen LogP contribution in [0, 0.1) is 6.92 Å². The van der Waals surface area contributed by atoms with Gasteiger partial charge in [-0.2, -0.15) is 0 Å². The van der Waals surface area contributed by atoms with Crippen LogP contribution in [0.2, 0.25) is 0 Å². The Kier molecular flexibility index (Phi) is 5.69. The third-order valence-corrected chi connectivity index (χ3v) is 4.21. The van der Waals surface area contributed by atoms with Gasteiger partial charge in [0.1, 0.15) is 11.3 Å². The molecule has 0 fully saturated rings. The van der Waals surface area contributed by atoms with E-state index in [0.29, 0.717) is 23.6 Å². The number of aryl methyl sites for hydroxylation is 2. The topological polar surface area (TPSA) is 64.4 Å². The molecule has 26 heavy (non-hydrogen) atoms. The third-order valence-electron chi connectivity index (χ3n) is 4.21. The molecule has 3 aromatic rings. The number of ether oxygens (including phenoxy) is 1. The Bertz CT molecular complexity index is 855. The van der Waals surface area contributed by atoms with Gasteiger partial charge in [0.2, 0.25) is 0 Å². The Balaban J connectivity index is 1.64. The lowest BCUT2D eigenvalue weighted by molar-refractivity contribution is 0.0953. The van der Waals surface area contributed by atoms with E-state index < -0.39 is 0 Å². The highest BCUT2D eigenvalue weighted by molar-refractivity contribution is 6.00. The van der Waals surface area contributed by atoms with E-state index >= 15 is 0 Å². The molecule has 0 unspecified atom stereocenters. The van der Waals surface area contributed by atoms with Crippen molar-refractivity contribution < 1.29 is 14.1 Å². The van der Waals surface area contributed by atoms with Gasteiger partial charge < -0.3 is 14.6 Å². The summed E-state index contributed by atoms with van der Waals surface area (Å²) in [6.07, 6.45) is 1.80. The SMILES string of the molecule is COc1ccc(-c2onc(C)c2C(=O)NCCCc2ccccc2)cc1. The summed E-state index contributed by atoms with van der Waals surface area (Å²) >= 11 is 0. The van der Waals surface area contributed by atoms with Crippen molar-refractivity contribution >= 4 is 5.91 Å². The molecule has 0 saturated carbocycles. The molecule has 5 heteroatoms. The van der Waals surface area contributed by atoms with Gasteiger partial charge in [0.15, 0.2) is 5.76 Å². The van der Waals surface area contributed by atoms with Crippen molar-refractivity contribution in [3.8, 4) is 17.1 Å². The van der Waals surface area contributed by atoms with E-state index in [1.165, 1.54) is 5.56 Å². The van der Waals surface area contributed by atoms with Crippen molar-refractivity contribution in [1.82, 2.24) is 10.5 Å². The molecular weight excluding hydrogens is 328 g/mol. The van der Waals surface area contributed by atoms with Gasteiger partial charge in [0, 0.05) is 12.1 Å². The summed E-state index contributed by atoms with van der Waals surface area (Å²) in [6, 6.07) is 17.6. The molecule has 0 spiro atoms. The fraction of sp³-hybridized carbons (Fsp3) is 0.238. The Labute approximate surface area is 153 Å². The Morgan fingerprint density at radius 1 is 1.12 bits per heavy atom. The van der Waals surface area contributed by atoms with E-state index in [0.717, 1.165) is 24.2 Å². The van der Waals surface area contributed by atoms with E-state index in [2.05, 4.69) is 22.6 Å². The molecule has 0 bridgehead atoms. The van der Waals surface area contributed by atoms with E-state index in [9.17, 15) is 4.79 Å². The lowest BCUT2D eigenvalue weighted by Gasteiger charge is -2.06. The van der Waals surface area contributed by atoms with Crippen molar-refractivity contribution in [3.63, 3.8) is 0 Å². The van der Waals surface area contributed by atoms with Gasteiger partial charge in [-0.3, -0.25) is 4.79 Å². The van der Waals surface area contributed by atoms with Crippen LogP contribution in [-0.4, -0.2) is 24.7 Å². The summed E-state index contributed by atoms with van der Waals surface area (Å²) in [5, 5.41) is 6.93. The highest BCUT2D eigenvalue weighted by Gasteiger charge is 2.21. The molecule has 5 nitrogen and oxygen atoms in total. The standard InChI is InChI=1S/C21H22N2O3/c1-15-19(20(26-23-15)17-10-12-18(25-2)13-11-17)21(24)22-14-6-9-16-7-4-3-5-8-16/h3-5,7-8,10-13H,6,9,14H2,1-2H3,(H,22,24). The molecular formula is C21H22N2O3. The van der Waals surface area contributed by atoms with Gasteiger partial charge in [-0.15, -0.1) is 0 Å². The summed E-state index contributed by atoms with van der Waals surface area (Å²) in [5.74, 6) is 1.06. The lowest BCUT2D eigenvalue weighted by atomic mass is 10.1. The summed E-state index contributed by atoms with van der Waals surface area (Å²) in [6.45, 7) is 2.37. The minimum Gasteiger partial charge on any atom is -0.497 e. The van der Waals surface area contributed by atoms with E-state index in [1.54, 1.807) is 14.0 Å². The molecule has 0 atom stereocenters. The number of nitrogens with one attached hydrogen (secondary N) is 1. The lowest BCUT2D eigenvalue weighted by Crippen LogP contribution is -2.25. The first-order valence-electron chi connectivity index (χ1n) is 8.62. The van der Waals surface area contributed by atoms with Crippen molar-refractivity contribution in [2.24, 2.45) is 0 Å². The van der Waals surface area contributed by atoms with Gasteiger partial charge >= 0.3 is 0 Å². The second kappa shape index (κ2) is 8.34. The molecule has 0 aliphatic carbocycles. The van der Waals surface area contributed by atoms with Gasteiger partial charge in [0.25, 0.3) is 5.91 Å². The van der Waals surface area contributed by atoms with Gasteiger partial charge in [-0.05, 0) is 49.6 Å². The van der Waals surface area contributed by atoms with Gasteiger partial charge in [-0.1, -0.05) is 35.5 Å². The van der Waals surface area contributed by atoms with Crippen LogP contribution in [0.15, 0.2) is 59.1 Å². The van der Waals surface area contributed by atoms with Gasteiger partial charge in [0.05, 0.1) is 12.8 Å². The van der Waals surface area contributed by atoms with Crippen LogP contribution in [0.25, 0.3) is 11.3 Å². The molecule has 134 valence electrons. The molecule has 1 amide bonds.